The van der Waals surface area contributed by atoms with Gasteiger partial charge in [-0.2, -0.15) is 0 Å². The number of carboxylic acids is 1. The molecule has 8 heteroatoms. The molecule has 25 heavy (non-hydrogen) atoms. The number of benzene rings is 2. The number of carbonyl (C=O) groups is 1. The quantitative estimate of drug-likeness (QED) is 0.557. The van der Waals surface area contributed by atoms with Crippen molar-refractivity contribution in [2.24, 2.45) is 5.73 Å². The third kappa shape index (κ3) is 5.70. The van der Waals surface area contributed by atoms with Gasteiger partial charge < -0.3 is 10.8 Å². The number of nitro groups is 1. The van der Waals surface area contributed by atoms with Crippen molar-refractivity contribution in [1.29, 1.82) is 0 Å². The molecule has 0 aliphatic heterocycles. The summed E-state index contributed by atoms with van der Waals surface area (Å²) in [5.41, 5.74) is 8.02. The van der Waals surface area contributed by atoms with E-state index in [1.807, 2.05) is 6.07 Å². The standard InChI is InChI=1S/C17H17ClN2O4.ClH/c18-16-5-4-12(14(10-19)9-17(21)22)8-13(16)6-11-2-1-3-15(7-11)20(23)24;/h1-5,7-8,14H,6,9-10,19H2,(H,21,22);1H/t14-;/m0./s1. The van der Waals surface area contributed by atoms with E-state index in [1.54, 1.807) is 24.3 Å². The Bertz CT molecular complexity index is 768. The van der Waals surface area contributed by atoms with Gasteiger partial charge in [0.2, 0.25) is 0 Å². The van der Waals surface area contributed by atoms with Gasteiger partial charge in [-0.25, -0.2) is 0 Å². The van der Waals surface area contributed by atoms with Gasteiger partial charge in [0.15, 0.2) is 0 Å². The Morgan fingerprint density at radius 2 is 2.00 bits per heavy atom. The van der Waals surface area contributed by atoms with Gasteiger partial charge in [0.05, 0.1) is 11.3 Å². The average molecular weight is 385 g/mol. The van der Waals surface area contributed by atoms with Crippen LogP contribution in [0, 0.1) is 10.1 Å². The van der Waals surface area contributed by atoms with Crippen molar-refractivity contribution < 1.29 is 14.8 Å². The number of aliphatic carboxylic acids is 1. The van der Waals surface area contributed by atoms with Crippen molar-refractivity contribution in [3.63, 3.8) is 0 Å². The van der Waals surface area contributed by atoms with Crippen LogP contribution in [0.25, 0.3) is 0 Å². The molecule has 1 atom stereocenters. The summed E-state index contributed by atoms with van der Waals surface area (Å²) in [5.74, 6) is -1.22. The summed E-state index contributed by atoms with van der Waals surface area (Å²) in [6.45, 7) is 0.212. The van der Waals surface area contributed by atoms with Crippen molar-refractivity contribution >= 4 is 35.7 Å². The van der Waals surface area contributed by atoms with E-state index in [0.717, 1.165) is 16.7 Å². The van der Waals surface area contributed by atoms with Gasteiger partial charge in [-0.3, -0.25) is 14.9 Å². The lowest BCUT2D eigenvalue weighted by atomic mass is 9.93. The molecule has 0 spiro atoms. The second kappa shape index (κ2) is 9.36. The maximum Gasteiger partial charge on any atom is 0.304 e. The summed E-state index contributed by atoms with van der Waals surface area (Å²) in [6.07, 6.45) is 0.354. The van der Waals surface area contributed by atoms with Gasteiger partial charge in [-0.15, -0.1) is 12.4 Å². The minimum absolute atomic E-state index is 0. The van der Waals surface area contributed by atoms with E-state index >= 15 is 0 Å². The van der Waals surface area contributed by atoms with Crippen molar-refractivity contribution in [3.8, 4) is 0 Å². The number of nitrogens with two attached hydrogens (primary N) is 1. The molecule has 0 aliphatic rings. The molecule has 0 unspecified atom stereocenters. The van der Waals surface area contributed by atoms with E-state index in [1.165, 1.54) is 12.1 Å². The monoisotopic (exact) mass is 384 g/mol. The molecule has 2 aromatic rings. The molecular weight excluding hydrogens is 367 g/mol. The summed E-state index contributed by atoms with van der Waals surface area (Å²) in [5, 5.41) is 20.4. The molecule has 2 rings (SSSR count). The summed E-state index contributed by atoms with van der Waals surface area (Å²) in [6, 6.07) is 11.6. The first-order valence-corrected chi connectivity index (χ1v) is 7.72. The predicted molar refractivity (Wildman–Crippen MR) is 98.7 cm³/mol. The number of rotatable bonds is 7. The van der Waals surface area contributed by atoms with Crippen LogP contribution in [-0.4, -0.2) is 22.5 Å². The van der Waals surface area contributed by atoms with Crippen molar-refractivity contribution in [1.82, 2.24) is 0 Å². The van der Waals surface area contributed by atoms with Crippen LogP contribution in [-0.2, 0) is 11.2 Å². The fraction of sp³-hybridized carbons (Fsp3) is 0.235. The molecule has 3 N–H and O–H groups in total. The number of hydrogen-bond acceptors (Lipinski definition) is 4. The molecular formula is C17H18Cl2N2O4. The lowest BCUT2D eigenvalue weighted by Crippen LogP contribution is -2.16. The van der Waals surface area contributed by atoms with E-state index in [0.29, 0.717) is 11.4 Å². The molecule has 0 saturated carbocycles. The Kier molecular flexibility index (Phi) is 7.83. The smallest absolute Gasteiger partial charge is 0.304 e. The Hall–Kier alpha value is -2.15. The van der Waals surface area contributed by atoms with E-state index in [4.69, 9.17) is 22.4 Å². The molecule has 0 bridgehead atoms. The normalized spacial score (nSPS) is 11.4. The first-order chi connectivity index (χ1) is 11.4. The molecule has 0 amide bonds. The van der Waals surface area contributed by atoms with Crippen LogP contribution >= 0.6 is 24.0 Å². The second-order valence-electron chi connectivity index (χ2n) is 5.49. The van der Waals surface area contributed by atoms with Crippen LogP contribution in [0.2, 0.25) is 5.02 Å². The first-order valence-electron chi connectivity index (χ1n) is 7.34. The molecule has 0 saturated heterocycles. The lowest BCUT2D eigenvalue weighted by Gasteiger charge is -2.15. The van der Waals surface area contributed by atoms with Gasteiger partial charge in [0.1, 0.15) is 0 Å². The highest BCUT2D eigenvalue weighted by atomic mass is 35.5. The number of nitrogens with zero attached hydrogens (tertiary/aromatic N) is 1. The summed E-state index contributed by atoms with van der Waals surface area (Å²) in [7, 11) is 0. The number of halogens is 2. The summed E-state index contributed by atoms with van der Waals surface area (Å²) in [4.78, 5) is 21.4. The maximum atomic E-state index is 10.9. The van der Waals surface area contributed by atoms with E-state index in [-0.39, 0.29) is 37.0 Å². The minimum Gasteiger partial charge on any atom is -0.481 e. The number of nitro benzene ring substituents is 1. The van der Waals surface area contributed by atoms with Crippen molar-refractivity contribution in [3.05, 3.63) is 74.3 Å². The van der Waals surface area contributed by atoms with Crippen LogP contribution in [0.1, 0.15) is 29.0 Å². The zero-order valence-electron chi connectivity index (χ0n) is 13.2. The van der Waals surface area contributed by atoms with Gasteiger partial charge in [-0.05, 0) is 35.7 Å². The molecule has 0 heterocycles. The lowest BCUT2D eigenvalue weighted by molar-refractivity contribution is -0.384. The molecule has 134 valence electrons. The zero-order chi connectivity index (χ0) is 17.7. The van der Waals surface area contributed by atoms with Gasteiger partial charge in [-0.1, -0.05) is 35.9 Å². The Morgan fingerprint density at radius 1 is 1.28 bits per heavy atom. The minimum atomic E-state index is -0.916. The Morgan fingerprint density at radius 3 is 2.60 bits per heavy atom. The van der Waals surface area contributed by atoms with Crippen LogP contribution in [0.4, 0.5) is 5.69 Å². The van der Waals surface area contributed by atoms with Gasteiger partial charge >= 0.3 is 5.97 Å². The largest absolute Gasteiger partial charge is 0.481 e. The zero-order valence-corrected chi connectivity index (χ0v) is 14.8. The van der Waals surface area contributed by atoms with Crippen LogP contribution in [0.5, 0.6) is 0 Å². The average Bonchev–Trinajstić information content (AvgIpc) is 2.55. The molecule has 0 radical (unpaired) electrons. The number of hydrogen-bond donors (Lipinski definition) is 2. The Balaban J connectivity index is 0.00000312. The predicted octanol–water partition coefficient (Wildman–Crippen LogP) is 3.78. The highest BCUT2D eigenvalue weighted by molar-refractivity contribution is 6.31. The molecule has 0 aliphatic carbocycles. The highest BCUT2D eigenvalue weighted by Crippen LogP contribution is 2.27. The van der Waals surface area contributed by atoms with E-state index in [2.05, 4.69) is 0 Å². The topological polar surface area (TPSA) is 106 Å². The second-order valence-corrected chi connectivity index (χ2v) is 5.89. The van der Waals surface area contributed by atoms with Gasteiger partial charge in [0, 0.05) is 23.1 Å². The highest BCUT2D eigenvalue weighted by Gasteiger charge is 2.16. The molecule has 2 aromatic carbocycles. The van der Waals surface area contributed by atoms with Crippen LogP contribution < -0.4 is 5.73 Å². The Labute approximate surface area is 156 Å². The van der Waals surface area contributed by atoms with Gasteiger partial charge in [0.25, 0.3) is 5.69 Å². The first kappa shape index (κ1) is 20.9. The fourth-order valence-electron chi connectivity index (χ4n) is 2.53. The van der Waals surface area contributed by atoms with E-state index in [9.17, 15) is 14.9 Å². The van der Waals surface area contributed by atoms with Crippen LogP contribution in [0.3, 0.4) is 0 Å². The van der Waals surface area contributed by atoms with E-state index < -0.39 is 10.9 Å². The summed E-state index contributed by atoms with van der Waals surface area (Å²) < 4.78 is 0. The summed E-state index contributed by atoms with van der Waals surface area (Å²) >= 11 is 6.22. The fourth-order valence-corrected chi connectivity index (χ4v) is 2.72. The van der Waals surface area contributed by atoms with Crippen molar-refractivity contribution in [2.45, 2.75) is 18.8 Å². The van der Waals surface area contributed by atoms with Crippen molar-refractivity contribution in [2.75, 3.05) is 6.54 Å². The molecule has 0 aromatic heterocycles. The third-order valence-corrected chi connectivity index (χ3v) is 4.13. The maximum absolute atomic E-state index is 10.9. The number of non-ortho nitro benzene ring substituents is 1. The molecule has 6 nitrogen and oxygen atoms in total. The SMILES string of the molecule is Cl.NC[C@H](CC(=O)O)c1ccc(Cl)c(Cc2cccc([N+](=O)[O-])c2)c1. The number of carboxylic acid groups (broad SMARTS) is 1. The van der Waals surface area contributed by atoms with Crippen LogP contribution in [0.15, 0.2) is 42.5 Å². The third-order valence-electron chi connectivity index (χ3n) is 3.76. The molecule has 0 fully saturated rings.